The van der Waals surface area contributed by atoms with E-state index in [0.29, 0.717) is 0 Å². The summed E-state index contributed by atoms with van der Waals surface area (Å²) in [6.45, 7) is 2.07. The van der Waals surface area contributed by atoms with Gasteiger partial charge in [-0.05, 0) is 24.6 Å². The summed E-state index contributed by atoms with van der Waals surface area (Å²) in [5.74, 6) is 0.776. The fourth-order valence-electron chi connectivity index (χ4n) is 2.19. The number of nitrogens with zero attached hydrogens (tertiary/aromatic N) is 4. The molecule has 3 N–H and O–H groups in total. The molecule has 20 heavy (non-hydrogen) atoms. The lowest BCUT2D eigenvalue weighted by atomic mass is 10.1. The molecule has 2 heterocycles. The monoisotopic (exact) mass is 268 g/mol. The van der Waals surface area contributed by atoms with Crippen LogP contribution in [0, 0.1) is 0 Å². The lowest BCUT2D eigenvalue weighted by Gasteiger charge is -2.15. The Morgan fingerprint density at radius 2 is 2.15 bits per heavy atom. The molecule has 0 saturated carbocycles. The average molecular weight is 268 g/mol. The highest BCUT2D eigenvalue weighted by Crippen LogP contribution is 2.24. The van der Waals surface area contributed by atoms with Gasteiger partial charge in [0.1, 0.15) is 12.1 Å². The highest BCUT2D eigenvalue weighted by Gasteiger charge is 2.11. The van der Waals surface area contributed by atoms with Crippen molar-refractivity contribution in [1.82, 2.24) is 19.7 Å². The zero-order valence-corrected chi connectivity index (χ0v) is 11.4. The summed E-state index contributed by atoms with van der Waals surface area (Å²) in [4.78, 5) is 8.53. The molecule has 0 bridgehead atoms. The van der Waals surface area contributed by atoms with Crippen LogP contribution in [-0.2, 0) is 7.05 Å². The van der Waals surface area contributed by atoms with Crippen LogP contribution in [0.5, 0.6) is 0 Å². The van der Waals surface area contributed by atoms with Gasteiger partial charge in [0.25, 0.3) is 0 Å². The minimum atomic E-state index is 0.0943. The standard InChI is InChI=1S/C14H16N6/c1-9(10-4-3-5-11(15)6-10)19-13-12-7-18-20(2)14(12)17-8-16-13/h3-9H,15H2,1-2H3,(H,16,17,19). The quantitative estimate of drug-likeness (QED) is 0.711. The molecule has 0 saturated heterocycles. The molecule has 0 amide bonds. The Kier molecular flexibility index (Phi) is 2.98. The zero-order chi connectivity index (χ0) is 14.1. The molecule has 3 aromatic rings. The molecular weight excluding hydrogens is 252 g/mol. The number of benzene rings is 1. The largest absolute Gasteiger partial charge is 0.399 e. The number of hydrogen-bond acceptors (Lipinski definition) is 5. The Morgan fingerprint density at radius 3 is 2.95 bits per heavy atom. The number of nitrogens with two attached hydrogens (primary N) is 1. The van der Waals surface area contributed by atoms with Crippen LogP contribution in [0.2, 0.25) is 0 Å². The molecular formula is C14H16N6. The van der Waals surface area contributed by atoms with Crippen molar-refractivity contribution in [2.45, 2.75) is 13.0 Å². The van der Waals surface area contributed by atoms with Gasteiger partial charge in [0, 0.05) is 12.7 Å². The molecule has 0 spiro atoms. The molecule has 0 fully saturated rings. The highest BCUT2D eigenvalue weighted by atomic mass is 15.3. The Labute approximate surface area is 116 Å². The minimum absolute atomic E-state index is 0.0943. The molecule has 1 atom stereocenters. The molecule has 3 rings (SSSR count). The number of nitrogens with one attached hydrogen (secondary N) is 1. The summed E-state index contributed by atoms with van der Waals surface area (Å²) in [6.07, 6.45) is 3.31. The van der Waals surface area contributed by atoms with Crippen LogP contribution in [0.4, 0.5) is 11.5 Å². The first-order valence-electron chi connectivity index (χ1n) is 6.40. The lowest BCUT2D eigenvalue weighted by Crippen LogP contribution is -2.09. The van der Waals surface area contributed by atoms with Gasteiger partial charge >= 0.3 is 0 Å². The zero-order valence-electron chi connectivity index (χ0n) is 11.4. The van der Waals surface area contributed by atoms with E-state index < -0.39 is 0 Å². The van der Waals surface area contributed by atoms with Crippen LogP contribution in [0.1, 0.15) is 18.5 Å². The average Bonchev–Trinajstić information content (AvgIpc) is 2.82. The van der Waals surface area contributed by atoms with Crippen LogP contribution in [0.25, 0.3) is 11.0 Å². The predicted molar refractivity (Wildman–Crippen MR) is 79.2 cm³/mol. The van der Waals surface area contributed by atoms with Crippen LogP contribution in [0.3, 0.4) is 0 Å². The van der Waals surface area contributed by atoms with Crippen molar-refractivity contribution in [2.75, 3.05) is 11.1 Å². The second-order valence-corrected chi connectivity index (χ2v) is 4.76. The number of rotatable bonds is 3. The molecule has 2 aromatic heterocycles. The molecule has 0 aliphatic heterocycles. The SMILES string of the molecule is CC(Nc1ncnc2c1cnn2C)c1cccc(N)c1. The van der Waals surface area contributed by atoms with E-state index in [1.807, 2.05) is 31.3 Å². The van der Waals surface area contributed by atoms with Crippen molar-refractivity contribution in [1.29, 1.82) is 0 Å². The molecule has 0 radical (unpaired) electrons. The Hall–Kier alpha value is -2.63. The lowest BCUT2D eigenvalue weighted by molar-refractivity contribution is 0.785. The second kappa shape index (κ2) is 4.80. The molecule has 0 aliphatic rings. The van der Waals surface area contributed by atoms with Gasteiger partial charge in [0.15, 0.2) is 5.65 Å². The maximum absolute atomic E-state index is 5.82. The fourth-order valence-corrected chi connectivity index (χ4v) is 2.19. The van der Waals surface area contributed by atoms with Gasteiger partial charge in [-0.1, -0.05) is 12.1 Å². The molecule has 1 unspecified atom stereocenters. The van der Waals surface area contributed by atoms with E-state index in [1.54, 1.807) is 17.2 Å². The third kappa shape index (κ3) is 2.16. The fraction of sp³-hybridized carbons (Fsp3) is 0.214. The van der Waals surface area contributed by atoms with E-state index in [4.69, 9.17) is 5.73 Å². The molecule has 6 nitrogen and oxygen atoms in total. The molecule has 1 aromatic carbocycles. The first-order chi connectivity index (χ1) is 9.65. The number of anilines is 2. The van der Waals surface area contributed by atoms with E-state index in [-0.39, 0.29) is 6.04 Å². The van der Waals surface area contributed by atoms with E-state index in [0.717, 1.165) is 28.1 Å². The topological polar surface area (TPSA) is 81.7 Å². The smallest absolute Gasteiger partial charge is 0.163 e. The Bertz CT molecular complexity index is 748. The normalized spacial score (nSPS) is 12.5. The van der Waals surface area contributed by atoms with E-state index in [9.17, 15) is 0 Å². The van der Waals surface area contributed by atoms with Gasteiger partial charge in [0.2, 0.25) is 0 Å². The van der Waals surface area contributed by atoms with E-state index in [1.165, 1.54) is 0 Å². The first kappa shape index (κ1) is 12.4. The Balaban J connectivity index is 1.93. The van der Waals surface area contributed by atoms with Crippen LogP contribution in [-0.4, -0.2) is 19.7 Å². The molecule has 6 heteroatoms. The van der Waals surface area contributed by atoms with Crippen LogP contribution < -0.4 is 11.1 Å². The summed E-state index contributed by atoms with van der Waals surface area (Å²) < 4.78 is 1.73. The van der Waals surface area contributed by atoms with Gasteiger partial charge in [0.05, 0.1) is 17.6 Å². The summed E-state index contributed by atoms with van der Waals surface area (Å²) in [7, 11) is 1.86. The number of fused-ring (bicyclic) bond motifs is 1. The van der Waals surface area contributed by atoms with Crippen LogP contribution in [0.15, 0.2) is 36.8 Å². The maximum Gasteiger partial charge on any atom is 0.163 e. The first-order valence-corrected chi connectivity index (χ1v) is 6.40. The van der Waals surface area contributed by atoms with E-state index in [2.05, 4.69) is 27.3 Å². The van der Waals surface area contributed by atoms with Gasteiger partial charge in [-0.2, -0.15) is 5.10 Å². The minimum Gasteiger partial charge on any atom is -0.399 e. The number of aromatic nitrogens is 4. The van der Waals surface area contributed by atoms with Crippen molar-refractivity contribution in [3.8, 4) is 0 Å². The van der Waals surface area contributed by atoms with Crippen molar-refractivity contribution in [3.05, 3.63) is 42.4 Å². The molecule has 0 aliphatic carbocycles. The van der Waals surface area contributed by atoms with Gasteiger partial charge in [-0.15, -0.1) is 0 Å². The number of aryl methyl sites for hydroxylation is 1. The highest BCUT2D eigenvalue weighted by molar-refractivity contribution is 5.86. The van der Waals surface area contributed by atoms with Crippen LogP contribution >= 0.6 is 0 Å². The van der Waals surface area contributed by atoms with Crippen molar-refractivity contribution >= 4 is 22.5 Å². The summed E-state index contributed by atoms with van der Waals surface area (Å²) in [5, 5.41) is 8.49. The number of nitrogen functional groups attached to an aromatic ring is 1. The Morgan fingerprint density at radius 1 is 1.30 bits per heavy atom. The van der Waals surface area contributed by atoms with Crippen molar-refractivity contribution < 1.29 is 0 Å². The summed E-state index contributed by atoms with van der Waals surface area (Å²) in [5.41, 5.74) is 8.49. The predicted octanol–water partition coefficient (Wildman–Crippen LogP) is 2.12. The van der Waals surface area contributed by atoms with Gasteiger partial charge in [-0.3, -0.25) is 4.68 Å². The molecule has 102 valence electrons. The van der Waals surface area contributed by atoms with Crippen molar-refractivity contribution in [3.63, 3.8) is 0 Å². The summed E-state index contributed by atoms with van der Waals surface area (Å²) in [6, 6.07) is 7.91. The van der Waals surface area contributed by atoms with Gasteiger partial charge < -0.3 is 11.1 Å². The third-order valence-electron chi connectivity index (χ3n) is 3.29. The van der Waals surface area contributed by atoms with Crippen molar-refractivity contribution in [2.24, 2.45) is 7.05 Å². The number of hydrogen-bond donors (Lipinski definition) is 2. The van der Waals surface area contributed by atoms with E-state index >= 15 is 0 Å². The van der Waals surface area contributed by atoms with Gasteiger partial charge in [-0.25, -0.2) is 9.97 Å². The maximum atomic E-state index is 5.82. The third-order valence-corrected chi connectivity index (χ3v) is 3.29. The second-order valence-electron chi connectivity index (χ2n) is 4.76. The summed E-state index contributed by atoms with van der Waals surface area (Å²) >= 11 is 0.